The maximum Gasteiger partial charge on any atom is 0.416 e. The molecule has 6 aromatic rings. The molecular formula is C47H30BF24N. The molecule has 6 rings (SSSR count). The SMILES string of the molecule is CC(C)c1cccc[n+]1Cc1ccccc1.FC(F)(F)c1cc([B-](c2cc(C(F)(F)F)cc(C(F)(F)F)c2)(c2cc(C(F)(F)F)cc(C(F)(F)F)c2)c2cc(C(F)(F)F)cc(C(F)(F)F)c2)cc(C(F)(F)F)c1. The third kappa shape index (κ3) is 13.4. The minimum absolute atomic E-state index is 0.560. The maximum atomic E-state index is 14.2. The molecule has 0 unspecified atom stereocenters. The van der Waals surface area contributed by atoms with Crippen LogP contribution in [0.3, 0.4) is 0 Å². The number of nitrogens with zero attached hydrogens (tertiary/aromatic N) is 1. The first-order chi connectivity index (χ1) is 33.0. The summed E-state index contributed by atoms with van der Waals surface area (Å²) >= 11 is 0. The molecule has 0 aliphatic carbocycles. The molecule has 5 aromatic carbocycles. The number of aromatic nitrogens is 1. The molecule has 73 heavy (non-hydrogen) atoms. The van der Waals surface area contributed by atoms with Gasteiger partial charge in [-0.3, -0.25) is 0 Å². The normalized spacial score (nSPS) is 13.5. The molecule has 0 atom stereocenters. The Morgan fingerprint density at radius 2 is 0.562 bits per heavy atom. The number of benzene rings is 5. The topological polar surface area (TPSA) is 3.88 Å². The van der Waals surface area contributed by atoms with E-state index >= 15 is 0 Å². The van der Waals surface area contributed by atoms with Crippen LogP contribution in [-0.4, -0.2) is 6.15 Å². The molecule has 1 nitrogen and oxygen atoms in total. The average Bonchev–Trinajstić information content (AvgIpc) is 3.24. The van der Waals surface area contributed by atoms with Gasteiger partial charge in [-0.15, -0.1) is 0 Å². The minimum Gasteiger partial charge on any atom is -0.198 e. The van der Waals surface area contributed by atoms with E-state index in [9.17, 15) is 105 Å². The van der Waals surface area contributed by atoms with E-state index < -0.39 is 195 Å². The van der Waals surface area contributed by atoms with Crippen molar-refractivity contribution in [3.63, 3.8) is 0 Å². The predicted molar refractivity (Wildman–Crippen MR) is 216 cm³/mol. The van der Waals surface area contributed by atoms with Gasteiger partial charge < -0.3 is 0 Å². The standard InChI is InChI=1S/C32H12BF24.C15H18N/c34-25(35,36)13-1-14(26(37,38)39)6-21(5-13)33(22-7-15(27(40,41)42)2-16(8-22)28(43,44)45,23-9-17(29(46,47)48)3-18(10-23)30(49,50)51)24-11-19(31(52,53)54)4-20(12-24)32(55,56)57;1-13(2)15-10-6-7-11-16(15)12-14-8-4-3-5-9-14/h1-12H;3-11,13H,12H2,1-2H3/q-1;+1. The number of rotatable bonds is 7. The largest absolute Gasteiger partial charge is 0.416 e. The second-order valence-electron chi connectivity index (χ2n) is 16.6. The highest BCUT2D eigenvalue weighted by Gasteiger charge is 2.47. The molecule has 0 amide bonds. The fourth-order valence-corrected chi connectivity index (χ4v) is 8.01. The summed E-state index contributed by atoms with van der Waals surface area (Å²) in [7, 11) is 0. The van der Waals surface area contributed by atoms with Crippen LogP contribution >= 0.6 is 0 Å². The Bertz CT molecular complexity index is 2460. The number of halogens is 24. The maximum absolute atomic E-state index is 14.2. The fourth-order valence-electron chi connectivity index (χ4n) is 8.01. The Balaban J connectivity index is 0.000000520. The lowest BCUT2D eigenvalue weighted by molar-refractivity contribution is -0.696. The van der Waals surface area contributed by atoms with Gasteiger partial charge in [0.05, 0.1) is 44.5 Å². The fraction of sp³-hybridized carbons (Fsp3) is 0.255. The van der Waals surface area contributed by atoms with Crippen LogP contribution in [0.1, 0.15) is 75.5 Å². The Hall–Kier alpha value is -6.37. The van der Waals surface area contributed by atoms with Crippen molar-refractivity contribution in [3.8, 4) is 0 Å². The third-order valence-corrected chi connectivity index (χ3v) is 11.2. The van der Waals surface area contributed by atoms with Gasteiger partial charge in [-0.05, 0) is 24.3 Å². The van der Waals surface area contributed by atoms with Gasteiger partial charge >= 0.3 is 49.4 Å². The van der Waals surface area contributed by atoms with Crippen molar-refractivity contribution in [1.29, 1.82) is 0 Å². The van der Waals surface area contributed by atoms with Crippen LogP contribution in [0, 0.1) is 0 Å². The van der Waals surface area contributed by atoms with Crippen molar-refractivity contribution in [2.75, 3.05) is 0 Å². The smallest absolute Gasteiger partial charge is 0.198 e. The van der Waals surface area contributed by atoms with Gasteiger partial charge in [-0.2, -0.15) is 132 Å². The third-order valence-electron chi connectivity index (χ3n) is 11.2. The second-order valence-corrected chi connectivity index (χ2v) is 16.6. The van der Waals surface area contributed by atoms with Crippen molar-refractivity contribution in [3.05, 3.63) is 183 Å². The molecule has 0 spiro atoms. The van der Waals surface area contributed by atoms with Crippen LogP contribution in [0.25, 0.3) is 0 Å². The van der Waals surface area contributed by atoms with E-state index in [2.05, 4.69) is 73.1 Å². The highest BCUT2D eigenvalue weighted by atomic mass is 19.4. The summed E-state index contributed by atoms with van der Waals surface area (Å²) < 4.78 is 343. The Morgan fingerprint density at radius 3 is 0.781 bits per heavy atom. The van der Waals surface area contributed by atoms with Crippen molar-refractivity contribution in [1.82, 2.24) is 0 Å². The molecule has 0 aliphatic rings. The first kappa shape index (κ1) is 57.5. The number of alkyl halides is 24. The molecule has 26 heteroatoms. The van der Waals surface area contributed by atoms with E-state index in [1.165, 1.54) is 11.3 Å². The van der Waals surface area contributed by atoms with Crippen molar-refractivity contribution >= 4 is 28.0 Å². The van der Waals surface area contributed by atoms with Gasteiger partial charge in [0.2, 0.25) is 0 Å². The summed E-state index contributed by atoms with van der Waals surface area (Å²) in [5.74, 6) is 0.560. The second kappa shape index (κ2) is 19.8. The molecule has 0 saturated heterocycles. The van der Waals surface area contributed by atoms with Crippen molar-refractivity contribution in [2.24, 2.45) is 0 Å². The van der Waals surface area contributed by atoms with E-state index in [0.717, 1.165) is 6.54 Å². The number of hydrogen-bond acceptors (Lipinski definition) is 0. The van der Waals surface area contributed by atoms with Gasteiger partial charge in [0.1, 0.15) is 6.15 Å². The monoisotopic (exact) mass is 1080 g/mol. The van der Waals surface area contributed by atoms with Crippen LogP contribution in [0.2, 0.25) is 0 Å². The number of hydrogen-bond donors (Lipinski definition) is 0. The van der Waals surface area contributed by atoms with Crippen molar-refractivity contribution in [2.45, 2.75) is 75.7 Å². The zero-order chi connectivity index (χ0) is 55.3. The van der Waals surface area contributed by atoms with Crippen LogP contribution in [0.15, 0.2) is 128 Å². The molecule has 1 aromatic heterocycles. The minimum atomic E-state index is -6.13. The summed E-state index contributed by atoms with van der Waals surface area (Å²) in [6.07, 6.45) is -52.7. The lowest BCUT2D eigenvalue weighted by Crippen LogP contribution is -2.75. The Labute approximate surface area is 396 Å². The highest BCUT2D eigenvalue weighted by molar-refractivity contribution is 7.20. The van der Waals surface area contributed by atoms with Crippen molar-refractivity contribution < 1.29 is 110 Å². The van der Waals surface area contributed by atoms with Gasteiger partial charge in [-0.1, -0.05) is 98.8 Å². The highest BCUT2D eigenvalue weighted by Crippen LogP contribution is 2.41. The summed E-state index contributed by atoms with van der Waals surface area (Å²) in [5.41, 5.74) is -27.5. The molecule has 394 valence electrons. The van der Waals surface area contributed by atoms with E-state index in [1.807, 2.05) is 0 Å². The van der Waals surface area contributed by atoms with Crippen LogP contribution in [0.4, 0.5) is 105 Å². The van der Waals surface area contributed by atoms with E-state index in [1.54, 1.807) is 0 Å². The van der Waals surface area contributed by atoms with Gasteiger partial charge in [0, 0.05) is 23.6 Å². The van der Waals surface area contributed by atoms with Crippen LogP contribution in [0.5, 0.6) is 0 Å². The molecule has 0 radical (unpaired) electrons. The van der Waals surface area contributed by atoms with E-state index in [-0.39, 0.29) is 0 Å². The lowest BCUT2D eigenvalue weighted by Gasteiger charge is -2.46. The predicted octanol–water partition coefficient (Wildman–Crippen LogP) is 14.4. The Morgan fingerprint density at radius 1 is 0.329 bits per heavy atom. The molecule has 0 aliphatic heterocycles. The summed E-state index contributed by atoms with van der Waals surface area (Å²) in [6, 6.07) is 8.17. The van der Waals surface area contributed by atoms with Gasteiger partial charge in [-0.25, -0.2) is 0 Å². The lowest BCUT2D eigenvalue weighted by atomic mass is 9.12. The summed E-state index contributed by atoms with van der Waals surface area (Å²) in [6.45, 7) is 5.42. The number of pyridine rings is 1. The summed E-state index contributed by atoms with van der Waals surface area (Å²) in [5, 5.41) is 0. The molecule has 0 bridgehead atoms. The van der Waals surface area contributed by atoms with Gasteiger partial charge in [0.25, 0.3) is 0 Å². The average molecular weight is 1080 g/mol. The Kier molecular flexibility index (Phi) is 15.6. The quantitative estimate of drug-likeness (QED) is 0.0852. The molecule has 0 fully saturated rings. The van der Waals surface area contributed by atoms with E-state index in [0.29, 0.717) is 5.92 Å². The van der Waals surface area contributed by atoms with E-state index in [4.69, 9.17) is 0 Å². The zero-order valence-corrected chi connectivity index (χ0v) is 36.5. The van der Waals surface area contributed by atoms with Crippen LogP contribution < -0.4 is 26.4 Å². The first-order valence-corrected chi connectivity index (χ1v) is 20.4. The molecule has 0 saturated carbocycles. The zero-order valence-electron chi connectivity index (χ0n) is 36.5. The molecule has 0 N–H and O–H groups in total. The molecule has 1 heterocycles. The van der Waals surface area contributed by atoms with Gasteiger partial charge in [0.15, 0.2) is 18.4 Å². The first-order valence-electron chi connectivity index (χ1n) is 20.4. The van der Waals surface area contributed by atoms with Crippen LogP contribution in [-0.2, 0) is 56.0 Å². The summed E-state index contributed by atoms with van der Waals surface area (Å²) in [4.78, 5) is 0. The molecular weight excluding hydrogens is 1050 g/mol.